The van der Waals surface area contributed by atoms with E-state index < -0.39 is 0 Å². The van der Waals surface area contributed by atoms with Crippen LogP contribution in [0.4, 0.5) is 0 Å². The molecule has 120 valence electrons. The van der Waals surface area contributed by atoms with Gasteiger partial charge in [0, 0.05) is 21.6 Å². The molecule has 0 spiro atoms. The molecule has 1 rings (SSSR count). The highest BCUT2D eigenvalue weighted by molar-refractivity contribution is 6.33. The molecule has 3 nitrogen and oxygen atoms in total. The molecule has 3 N–H and O–H groups in total. The molecule has 0 aromatic heterocycles. The molecule has 2 unspecified atom stereocenters. The second-order valence-electron chi connectivity index (χ2n) is 5.54. The van der Waals surface area contributed by atoms with Crippen molar-refractivity contribution >= 4 is 23.2 Å². The van der Waals surface area contributed by atoms with E-state index in [1.54, 1.807) is 0 Å². The lowest BCUT2D eigenvalue weighted by atomic mass is 9.83. The largest absolute Gasteiger partial charge is 0.297 e. The van der Waals surface area contributed by atoms with Gasteiger partial charge in [-0.1, -0.05) is 44.0 Å². The Morgan fingerprint density at radius 3 is 2.33 bits per heavy atom. The number of rotatable bonds is 8. The van der Waals surface area contributed by atoms with E-state index in [0.717, 1.165) is 36.5 Å². The molecular formula is C16H27Cl2N3. The summed E-state index contributed by atoms with van der Waals surface area (Å²) in [6.07, 6.45) is 1.75. The third-order valence-corrected chi connectivity index (χ3v) is 5.19. The van der Waals surface area contributed by atoms with Gasteiger partial charge in [0.2, 0.25) is 0 Å². The summed E-state index contributed by atoms with van der Waals surface area (Å²) < 4.78 is 0. The summed E-state index contributed by atoms with van der Waals surface area (Å²) in [6.45, 7) is 10.8. The van der Waals surface area contributed by atoms with Gasteiger partial charge in [0.1, 0.15) is 0 Å². The second kappa shape index (κ2) is 8.35. The average molecular weight is 332 g/mol. The van der Waals surface area contributed by atoms with Gasteiger partial charge in [-0.2, -0.15) is 0 Å². The summed E-state index contributed by atoms with van der Waals surface area (Å²) in [4.78, 5) is 2.44. The number of hydrazine groups is 1. The number of hydrogen-bond acceptors (Lipinski definition) is 3. The summed E-state index contributed by atoms with van der Waals surface area (Å²) in [7, 11) is 0. The van der Waals surface area contributed by atoms with Crippen LogP contribution in [0.25, 0.3) is 0 Å². The first-order valence-electron chi connectivity index (χ1n) is 7.57. The first-order chi connectivity index (χ1) is 9.92. The third-order valence-electron chi connectivity index (χ3n) is 4.59. The van der Waals surface area contributed by atoms with E-state index in [1.807, 2.05) is 18.2 Å². The minimum Gasteiger partial charge on any atom is -0.297 e. The molecule has 5 heteroatoms. The lowest BCUT2D eigenvalue weighted by Crippen LogP contribution is -2.61. The normalized spacial score (nSPS) is 16.0. The zero-order valence-corrected chi connectivity index (χ0v) is 14.9. The molecule has 2 atom stereocenters. The van der Waals surface area contributed by atoms with Crippen molar-refractivity contribution < 1.29 is 0 Å². The van der Waals surface area contributed by atoms with Crippen LogP contribution in [0.1, 0.15) is 39.7 Å². The Labute approximate surface area is 138 Å². The van der Waals surface area contributed by atoms with Crippen LogP contribution >= 0.6 is 23.2 Å². The predicted molar refractivity (Wildman–Crippen MR) is 92.9 cm³/mol. The molecule has 0 aliphatic heterocycles. The van der Waals surface area contributed by atoms with Crippen molar-refractivity contribution in [2.75, 3.05) is 13.1 Å². The molecule has 0 saturated carbocycles. The van der Waals surface area contributed by atoms with Crippen molar-refractivity contribution in [2.45, 2.75) is 52.1 Å². The highest BCUT2D eigenvalue weighted by atomic mass is 35.5. The van der Waals surface area contributed by atoms with E-state index in [4.69, 9.17) is 29.0 Å². The Hall–Kier alpha value is -0.320. The minimum atomic E-state index is -0.0378. The monoisotopic (exact) mass is 331 g/mol. The van der Waals surface area contributed by atoms with Crippen LogP contribution in [-0.4, -0.2) is 29.6 Å². The van der Waals surface area contributed by atoms with Crippen LogP contribution in [0.2, 0.25) is 10.0 Å². The Bertz CT molecular complexity index is 449. The van der Waals surface area contributed by atoms with Crippen LogP contribution in [0, 0.1) is 0 Å². The highest BCUT2D eigenvalue weighted by Crippen LogP contribution is 2.29. The SMILES string of the molecule is CCN(CC)C(C)(CC)C(Cc1cc(Cl)ccc1Cl)NN. The summed E-state index contributed by atoms with van der Waals surface area (Å²) in [6, 6.07) is 5.67. The lowest BCUT2D eigenvalue weighted by Gasteiger charge is -2.45. The van der Waals surface area contributed by atoms with Crippen molar-refractivity contribution in [3.05, 3.63) is 33.8 Å². The summed E-state index contributed by atoms with van der Waals surface area (Å²) >= 11 is 12.4. The van der Waals surface area contributed by atoms with Crippen molar-refractivity contribution in [3.8, 4) is 0 Å². The van der Waals surface area contributed by atoms with Gasteiger partial charge in [0.25, 0.3) is 0 Å². The fourth-order valence-corrected chi connectivity index (χ4v) is 3.40. The van der Waals surface area contributed by atoms with Gasteiger partial charge in [0.15, 0.2) is 0 Å². The molecule has 0 aliphatic rings. The third kappa shape index (κ3) is 4.33. The van der Waals surface area contributed by atoms with Crippen LogP contribution in [0.15, 0.2) is 18.2 Å². The fourth-order valence-electron chi connectivity index (χ4n) is 3.01. The number of halogens is 2. The van der Waals surface area contributed by atoms with Crippen LogP contribution in [0.5, 0.6) is 0 Å². The standard InChI is InChI=1S/C16H27Cl2N3/c1-5-16(4,21(6-2)7-3)15(20-19)11-12-10-13(17)8-9-14(12)18/h8-10,15,20H,5-7,11,19H2,1-4H3. The average Bonchev–Trinajstić information content (AvgIpc) is 2.48. The summed E-state index contributed by atoms with van der Waals surface area (Å²) in [5.41, 5.74) is 3.98. The van der Waals surface area contributed by atoms with Gasteiger partial charge in [-0.05, 0) is 56.6 Å². The maximum absolute atomic E-state index is 6.30. The molecule has 0 aliphatic carbocycles. The van der Waals surface area contributed by atoms with E-state index in [2.05, 4.69) is 38.0 Å². The maximum atomic E-state index is 6.30. The Morgan fingerprint density at radius 2 is 1.86 bits per heavy atom. The van der Waals surface area contributed by atoms with E-state index in [1.165, 1.54) is 0 Å². The minimum absolute atomic E-state index is 0.0378. The number of nitrogens with two attached hydrogens (primary N) is 1. The lowest BCUT2D eigenvalue weighted by molar-refractivity contribution is 0.0701. The summed E-state index contributed by atoms with van der Waals surface area (Å²) in [5.74, 6) is 5.86. The quantitative estimate of drug-likeness (QED) is 0.561. The number of likely N-dealkylation sites (N-methyl/N-ethyl adjacent to an activating group) is 1. The smallest absolute Gasteiger partial charge is 0.0439 e. The molecule has 0 heterocycles. The van der Waals surface area contributed by atoms with Crippen LogP contribution < -0.4 is 11.3 Å². The van der Waals surface area contributed by atoms with Crippen molar-refractivity contribution in [1.82, 2.24) is 10.3 Å². The van der Waals surface area contributed by atoms with Gasteiger partial charge in [-0.15, -0.1) is 0 Å². The molecule has 0 fully saturated rings. The second-order valence-corrected chi connectivity index (χ2v) is 6.39. The van der Waals surface area contributed by atoms with Crippen molar-refractivity contribution in [1.29, 1.82) is 0 Å². The number of nitrogens with one attached hydrogen (secondary N) is 1. The molecule has 1 aromatic rings. The fraction of sp³-hybridized carbons (Fsp3) is 0.625. The number of nitrogens with zero attached hydrogens (tertiary/aromatic N) is 1. The number of hydrogen-bond donors (Lipinski definition) is 2. The molecule has 0 amide bonds. The van der Waals surface area contributed by atoms with Crippen LogP contribution in [0.3, 0.4) is 0 Å². The Morgan fingerprint density at radius 1 is 1.24 bits per heavy atom. The molecule has 0 radical (unpaired) electrons. The predicted octanol–water partition coefficient (Wildman–Crippen LogP) is 3.88. The first-order valence-corrected chi connectivity index (χ1v) is 8.33. The molecular weight excluding hydrogens is 305 g/mol. The van der Waals surface area contributed by atoms with Crippen LogP contribution in [-0.2, 0) is 6.42 Å². The van der Waals surface area contributed by atoms with Gasteiger partial charge in [-0.25, -0.2) is 0 Å². The van der Waals surface area contributed by atoms with Crippen molar-refractivity contribution in [3.63, 3.8) is 0 Å². The van der Waals surface area contributed by atoms with Gasteiger partial charge in [-0.3, -0.25) is 16.2 Å². The molecule has 0 saturated heterocycles. The zero-order valence-electron chi connectivity index (χ0n) is 13.4. The molecule has 21 heavy (non-hydrogen) atoms. The van der Waals surface area contributed by atoms with E-state index >= 15 is 0 Å². The zero-order chi connectivity index (χ0) is 16.0. The Balaban J connectivity index is 3.07. The van der Waals surface area contributed by atoms with Gasteiger partial charge < -0.3 is 0 Å². The molecule has 0 bridgehead atoms. The van der Waals surface area contributed by atoms with Crippen molar-refractivity contribution in [2.24, 2.45) is 5.84 Å². The first kappa shape index (κ1) is 18.7. The molecule has 1 aromatic carbocycles. The highest BCUT2D eigenvalue weighted by Gasteiger charge is 2.36. The topological polar surface area (TPSA) is 41.3 Å². The maximum Gasteiger partial charge on any atom is 0.0439 e. The Kier molecular flexibility index (Phi) is 7.45. The number of benzene rings is 1. The van der Waals surface area contributed by atoms with E-state index in [0.29, 0.717) is 5.02 Å². The van der Waals surface area contributed by atoms with E-state index in [9.17, 15) is 0 Å². The van der Waals surface area contributed by atoms with Gasteiger partial charge in [0.05, 0.1) is 0 Å². The van der Waals surface area contributed by atoms with E-state index in [-0.39, 0.29) is 11.6 Å². The van der Waals surface area contributed by atoms with Gasteiger partial charge >= 0.3 is 0 Å². The summed E-state index contributed by atoms with van der Waals surface area (Å²) in [5, 5.41) is 1.43.